The highest BCUT2D eigenvalue weighted by molar-refractivity contribution is 7.13. The van der Waals surface area contributed by atoms with Crippen molar-refractivity contribution in [2.24, 2.45) is 5.41 Å². The number of aliphatic hydroxyl groups is 2. The maximum absolute atomic E-state index is 12.0. The van der Waals surface area contributed by atoms with Crippen LogP contribution in [0.2, 0.25) is 0 Å². The van der Waals surface area contributed by atoms with Crippen LogP contribution in [-0.4, -0.2) is 48.5 Å². The largest absolute Gasteiger partial charge is 0.461 e. The second kappa shape index (κ2) is 8.87. The van der Waals surface area contributed by atoms with Gasteiger partial charge in [-0.3, -0.25) is 4.79 Å². The maximum atomic E-state index is 12.0. The third-order valence-electron chi connectivity index (χ3n) is 3.25. The summed E-state index contributed by atoms with van der Waals surface area (Å²) in [4.78, 5) is 24.6. The molecule has 22 heavy (non-hydrogen) atoms. The second-order valence-corrected chi connectivity index (χ2v) is 6.49. The molecule has 0 unspecified atom stereocenters. The predicted molar refractivity (Wildman–Crippen MR) is 83.9 cm³/mol. The minimum Gasteiger partial charge on any atom is -0.461 e. The Morgan fingerprint density at radius 3 is 2.55 bits per heavy atom. The van der Waals surface area contributed by atoms with E-state index in [1.165, 1.54) is 18.3 Å². The summed E-state index contributed by atoms with van der Waals surface area (Å²) in [5, 5.41) is 21.4. The molecule has 1 heterocycles. The zero-order valence-electron chi connectivity index (χ0n) is 12.9. The van der Waals surface area contributed by atoms with Gasteiger partial charge >= 0.3 is 5.97 Å². The zero-order valence-corrected chi connectivity index (χ0v) is 13.7. The summed E-state index contributed by atoms with van der Waals surface area (Å²) >= 11 is 1.38. The van der Waals surface area contributed by atoms with E-state index in [-0.39, 0.29) is 19.1 Å². The van der Waals surface area contributed by atoms with E-state index in [4.69, 9.17) is 4.74 Å². The Morgan fingerprint density at radius 1 is 1.32 bits per heavy atom. The lowest BCUT2D eigenvalue weighted by atomic mass is 9.91. The van der Waals surface area contributed by atoms with Crippen LogP contribution in [0.4, 0.5) is 0 Å². The molecule has 1 rings (SSSR count). The zero-order chi connectivity index (χ0) is 16.6. The molecule has 0 atom stereocenters. The molecule has 1 aromatic rings. The third-order valence-corrected chi connectivity index (χ3v) is 4.38. The highest BCUT2D eigenvalue weighted by Crippen LogP contribution is 2.21. The number of aryl methyl sites for hydroxylation is 1. The fourth-order valence-electron chi connectivity index (χ4n) is 1.77. The maximum Gasteiger partial charge on any atom is 0.348 e. The molecule has 0 saturated carbocycles. The van der Waals surface area contributed by atoms with Gasteiger partial charge in [0.25, 0.3) is 0 Å². The summed E-state index contributed by atoms with van der Waals surface area (Å²) in [5.41, 5.74) is -1.08. The van der Waals surface area contributed by atoms with Crippen LogP contribution in [0.25, 0.3) is 0 Å². The predicted octanol–water partition coefficient (Wildman–Crippen LogP) is 0.964. The van der Waals surface area contributed by atoms with Crippen molar-refractivity contribution >= 4 is 23.2 Å². The molecule has 0 spiro atoms. The fourth-order valence-corrected chi connectivity index (χ4v) is 2.78. The Morgan fingerprint density at radius 2 is 2.00 bits per heavy atom. The van der Waals surface area contributed by atoms with E-state index in [0.717, 1.165) is 17.7 Å². The number of hydrogen-bond acceptors (Lipinski definition) is 6. The SMILES string of the molecule is CCCc1ccc(C(=O)OCC(CO)(CO)CNC(C)=O)s1. The molecule has 0 aliphatic carbocycles. The molecule has 0 aliphatic rings. The summed E-state index contributed by atoms with van der Waals surface area (Å²) in [6.45, 7) is 2.47. The first kappa shape index (κ1) is 18.6. The van der Waals surface area contributed by atoms with Crippen LogP contribution in [0.1, 0.15) is 34.8 Å². The first-order valence-electron chi connectivity index (χ1n) is 7.18. The number of carbonyl (C=O) groups excluding carboxylic acids is 2. The van der Waals surface area contributed by atoms with Gasteiger partial charge in [-0.1, -0.05) is 13.3 Å². The molecule has 0 fully saturated rings. The molecule has 0 saturated heterocycles. The van der Waals surface area contributed by atoms with Gasteiger partial charge in [-0.25, -0.2) is 4.79 Å². The van der Waals surface area contributed by atoms with Crippen LogP contribution in [0, 0.1) is 5.41 Å². The topological polar surface area (TPSA) is 95.9 Å². The van der Waals surface area contributed by atoms with Gasteiger partial charge in [-0.15, -0.1) is 11.3 Å². The first-order chi connectivity index (χ1) is 10.5. The number of esters is 1. The molecule has 3 N–H and O–H groups in total. The van der Waals surface area contributed by atoms with Gasteiger partial charge < -0.3 is 20.3 Å². The lowest BCUT2D eigenvalue weighted by molar-refractivity contribution is -0.120. The molecule has 0 radical (unpaired) electrons. The van der Waals surface area contributed by atoms with E-state index in [0.29, 0.717) is 4.88 Å². The molecule has 0 aromatic carbocycles. The summed E-state index contributed by atoms with van der Waals surface area (Å²) in [6.07, 6.45) is 1.92. The molecular formula is C15H23NO5S. The van der Waals surface area contributed by atoms with Gasteiger partial charge in [0.1, 0.15) is 11.5 Å². The second-order valence-electron chi connectivity index (χ2n) is 5.32. The van der Waals surface area contributed by atoms with Crippen LogP contribution in [0.3, 0.4) is 0 Å². The van der Waals surface area contributed by atoms with Gasteiger partial charge in [-0.05, 0) is 18.6 Å². The Hall–Kier alpha value is -1.44. The molecule has 6 nitrogen and oxygen atoms in total. The van der Waals surface area contributed by atoms with E-state index in [9.17, 15) is 19.8 Å². The van der Waals surface area contributed by atoms with Crippen LogP contribution in [-0.2, 0) is 16.0 Å². The average Bonchev–Trinajstić information content (AvgIpc) is 2.97. The normalized spacial score (nSPS) is 11.3. The smallest absolute Gasteiger partial charge is 0.348 e. The van der Waals surface area contributed by atoms with Gasteiger partial charge in [0.2, 0.25) is 5.91 Å². The number of nitrogens with one attached hydrogen (secondary N) is 1. The highest BCUT2D eigenvalue weighted by atomic mass is 32.1. The highest BCUT2D eigenvalue weighted by Gasteiger charge is 2.31. The van der Waals surface area contributed by atoms with Gasteiger partial charge in [0.15, 0.2) is 0 Å². The number of ether oxygens (including phenoxy) is 1. The van der Waals surface area contributed by atoms with E-state index < -0.39 is 24.6 Å². The van der Waals surface area contributed by atoms with Crippen molar-refractivity contribution in [1.29, 1.82) is 0 Å². The summed E-state index contributed by atoms with van der Waals surface area (Å²) in [6, 6.07) is 3.61. The lowest BCUT2D eigenvalue weighted by Crippen LogP contribution is -2.45. The van der Waals surface area contributed by atoms with Crippen molar-refractivity contribution in [3.63, 3.8) is 0 Å². The van der Waals surface area contributed by atoms with Crippen molar-refractivity contribution in [3.05, 3.63) is 21.9 Å². The first-order valence-corrected chi connectivity index (χ1v) is 8.00. The number of carbonyl (C=O) groups is 2. The minimum atomic E-state index is -1.08. The number of amides is 1. The molecule has 7 heteroatoms. The van der Waals surface area contributed by atoms with Crippen molar-refractivity contribution in [2.75, 3.05) is 26.4 Å². The van der Waals surface area contributed by atoms with Crippen LogP contribution in [0.15, 0.2) is 12.1 Å². The van der Waals surface area contributed by atoms with E-state index >= 15 is 0 Å². The van der Waals surface area contributed by atoms with Crippen LogP contribution in [0.5, 0.6) is 0 Å². The summed E-state index contributed by atoms with van der Waals surface area (Å²) in [5.74, 6) is -0.762. The fraction of sp³-hybridized carbons (Fsp3) is 0.600. The van der Waals surface area contributed by atoms with Gasteiger partial charge in [0, 0.05) is 18.3 Å². The van der Waals surface area contributed by atoms with Crippen molar-refractivity contribution in [1.82, 2.24) is 5.32 Å². The van der Waals surface area contributed by atoms with Crippen molar-refractivity contribution in [3.8, 4) is 0 Å². The van der Waals surface area contributed by atoms with E-state index in [1.807, 2.05) is 6.07 Å². The number of rotatable bonds is 9. The lowest BCUT2D eigenvalue weighted by Gasteiger charge is -2.29. The number of hydrogen-bond donors (Lipinski definition) is 3. The Labute approximate surface area is 134 Å². The quantitative estimate of drug-likeness (QED) is 0.587. The summed E-state index contributed by atoms with van der Waals surface area (Å²) < 4.78 is 5.20. The van der Waals surface area contributed by atoms with Crippen LogP contribution >= 0.6 is 11.3 Å². The van der Waals surface area contributed by atoms with Crippen LogP contribution < -0.4 is 5.32 Å². The minimum absolute atomic E-state index is 0.0359. The van der Waals surface area contributed by atoms with Gasteiger partial charge in [-0.2, -0.15) is 0 Å². The molecule has 124 valence electrons. The molecular weight excluding hydrogens is 306 g/mol. The number of aliphatic hydroxyl groups excluding tert-OH is 2. The Balaban J connectivity index is 2.62. The van der Waals surface area contributed by atoms with E-state index in [2.05, 4.69) is 12.2 Å². The molecule has 1 amide bonds. The molecule has 1 aromatic heterocycles. The Kier molecular flexibility index (Phi) is 7.50. The van der Waals surface area contributed by atoms with Crippen molar-refractivity contribution < 1.29 is 24.5 Å². The van der Waals surface area contributed by atoms with Gasteiger partial charge in [0.05, 0.1) is 18.6 Å². The average molecular weight is 329 g/mol. The summed E-state index contributed by atoms with van der Waals surface area (Å²) in [7, 11) is 0. The van der Waals surface area contributed by atoms with E-state index in [1.54, 1.807) is 6.07 Å². The monoisotopic (exact) mass is 329 g/mol. The third kappa shape index (κ3) is 5.40. The molecule has 0 aliphatic heterocycles. The molecule has 0 bridgehead atoms. The van der Waals surface area contributed by atoms with Crippen molar-refractivity contribution in [2.45, 2.75) is 26.7 Å². The standard InChI is InChI=1S/C15H23NO5S/c1-3-4-12-5-6-13(22-12)14(20)21-10-15(8-17,9-18)7-16-11(2)19/h5-6,17-18H,3-4,7-10H2,1-2H3,(H,16,19). The number of thiophene rings is 1. The Bertz CT molecular complexity index is 496.